The summed E-state index contributed by atoms with van der Waals surface area (Å²) in [6, 6.07) is 2.12. The number of aromatic nitrogens is 2. The Labute approximate surface area is 95.5 Å². The topological polar surface area (TPSA) is 31.9 Å². The Kier molecular flexibility index (Phi) is 3.17. The van der Waals surface area contributed by atoms with Crippen molar-refractivity contribution in [1.29, 1.82) is 0 Å². The number of rotatable bonds is 1. The van der Waals surface area contributed by atoms with Gasteiger partial charge in [0.15, 0.2) is 4.77 Å². The predicted molar refractivity (Wildman–Crippen MR) is 63.6 cm³/mol. The van der Waals surface area contributed by atoms with Crippen LogP contribution >= 0.6 is 12.2 Å². The molecule has 0 bridgehead atoms. The third-order valence-electron chi connectivity index (χ3n) is 2.94. The number of aryl methyl sites for hydroxylation is 1. The van der Waals surface area contributed by atoms with Crippen LogP contribution in [0.25, 0.3) is 0 Å². The second-order valence-corrected chi connectivity index (χ2v) is 4.78. The SMILES string of the molecule is Cc1cc(C2CCCN(C)C2)nc(=S)[nH]1. The molecular formula is C11H17N3S. The summed E-state index contributed by atoms with van der Waals surface area (Å²) in [5, 5.41) is 0. The average Bonchev–Trinajstić information content (AvgIpc) is 2.16. The first-order valence-corrected chi connectivity index (χ1v) is 5.82. The summed E-state index contributed by atoms with van der Waals surface area (Å²) in [5.41, 5.74) is 2.26. The van der Waals surface area contributed by atoms with Crippen LogP contribution in [0, 0.1) is 11.7 Å². The number of likely N-dealkylation sites (tertiary alicyclic amines) is 1. The second-order valence-electron chi connectivity index (χ2n) is 4.40. The van der Waals surface area contributed by atoms with Gasteiger partial charge in [0, 0.05) is 23.9 Å². The third kappa shape index (κ3) is 2.63. The monoisotopic (exact) mass is 223 g/mol. The van der Waals surface area contributed by atoms with E-state index in [1.165, 1.54) is 19.4 Å². The van der Waals surface area contributed by atoms with E-state index < -0.39 is 0 Å². The second kappa shape index (κ2) is 4.41. The number of likely N-dealkylation sites (N-methyl/N-ethyl adjacent to an activating group) is 1. The van der Waals surface area contributed by atoms with Gasteiger partial charge in [0.1, 0.15) is 0 Å². The number of piperidine rings is 1. The molecule has 1 aliphatic rings. The molecule has 1 atom stereocenters. The van der Waals surface area contributed by atoms with Crippen molar-refractivity contribution in [3.63, 3.8) is 0 Å². The molecule has 82 valence electrons. The first kappa shape index (κ1) is 10.8. The van der Waals surface area contributed by atoms with Crippen molar-refractivity contribution in [2.75, 3.05) is 20.1 Å². The lowest BCUT2D eigenvalue weighted by atomic mass is 9.94. The zero-order valence-electron chi connectivity index (χ0n) is 9.29. The molecule has 0 saturated carbocycles. The summed E-state index contributed by atoms with van der Waals surface area (Å²) < 4.78 is 0.609. The molecule has 1 aromatic rings. The molecule has 0 amide bonds. The third-order valence-corrected chi connectivity index (χ3v) is 3.14. The normalized spacial score (nSPS) is 22.9. The van der Waals surface area contributed by atoms with Gasteiger partial charge in [-0.05, 0) is 51.6 Å². The Morgan fingerprint density at radius 3 is 3.07 bits per heavy atom. The smallest absolute Gasteiger partial charge is 0.197 e. The molecule has 0 aliphatic carbocycles. The molecule has 1 saturated heterocycles. The average molecular weight is 223 g/mol. The molecule has 1 aliphatic heterocycles. The fraction of sp³-hybridized carbons (Fsp3) is 0.636. The molecule has 0 spiro atoms. The fourth-order valence-electron chi connectivity index (χ4n) is 2.22. The van der Waals surface area contributed by atoms with Crippen molar-refractivity contribution in [1.82, 2.24) is 14.9 Å². The Bertz CT molecular complexity index is 399. The molecule has 1 unspecified atom stereocenters. The highest BCUT2D eigenvalue weighted by atomic mass is 32.1. The van der Waals surface area contributed by atoms with Crippen molar-refractivity contribution < 1.29 is 0 Å². The minimum absolute atomic E-state index is 0.554. The minimum atomic E-state index is 0.554. The number of hydrogen-bond donors (Lipinski definition) is 1. The van der Waals surface area contributed by atoms with Gasteiger partial charge in [0.2, 0.25) is 0 Å². The van der Waals surface area contributed by atoms with Crippen molar-refractivity contribution >= 4 is 12.2 Å². The van der Waals surface area contributed by atoms with Crippen LogP contribution in [0.4, 0.5) is 0 Å². The molecule has 1 fully saturated rings. The standard InChI is InChI=1S/C11H17N3S/c1-8-6-10(13-11(15)12-8)9-4-3-5-14(2)7-9/h6,9H,3-5,7H2,1-2H3,(H,12,13,15). The maximum atomic E-state index is 5.11. The van der Waals surface area contributed by atoms with E-state index in [1.807, 2.05) is 6.92 Å². The van der Waals surface area contributed by atoms with Crippen molar-refractivity contribution in [2.24, 2.45) is 0 Å². The Morgan fingerprint density at radius 2 is 2.40 bits per heavy atom. The molecular weight excluding hydrogens is 206 g/mol. The van der Waals surface area contributed by atoms with Crippen LogP contribution in [0.5, 0.6) is 0 Å². The molecule has 15 heavy (non-hydrogen) atoms. The van der Waals surface area contributed by atoms with Crippen LogP contribution in [0.3, 0.4) is 0 Å². The van der Waals surface area contributed by atoms with E-state index in [-0.39, 0.29) is 0 Å². The summed E-state index contributed by atoms with van der Waals surface area (Å²) in [5.74, 6) is 0.554. The molecule has 0 radical (unpaired) electrons. The van der Waals surface area contributed by atoms with E-state index in [9.17, 15) is 0 Å². The number of hydrogen-bond acceptors (Lipinski definition) is 3. The van der Waals surface area contributed by atoms with E-state index in [2.05, 4.69) is 28.0 Å². The largest absolute Gasteiger partial charge is 0.335 e. The Balaban J connectivity index is 2.24. The minimum Gasteiger partial charge on any atom is -0.335 e. The molecule has 1 aromatic heterocycles. The lowest BCUT2D eigenvalue weighted by Gasteiger charge is -2.29. The van der Waals surface area contributed by atoms with Gasteiger partial charge in [-0.3, -0.25) is 0 Å². The molecule has 0 aromatic carbocycles. The van der Waals surface area contributed by atoms with Gasteiger partial charge < -0.3 is 9.88 Å². The predicted octanol–water partition coefficient (Wildman–Crippen LogP) is 2.26. The first-order chi connectivity index (χ1) is 7.15. The number of H-pyrrole nitrogens is 1. The van der Waals surface area contributed by atoms with Crippen LogP contribution in [0.1, 0.15) is 30.1 Å². The van der Waals surface area contributed by atoms with Gasteiger partial charge in [-0.15, -0.1) is 0 Å². The van der Waals surface area contributed by atoms with Gasteiger partial charge in [-0.2, -0.15) is 0 Å². The Hall–Kier alpha value is -0.740. The maximum Gasteiger partial charge on any atom is 0.197 e. The highest BCUT2D eigenvalue weighted by Crippen LogP contribution is 2.24. The first-order valence-electron chi connectivity index (χ1n) is 5.41. The van der Waals surface area contributed by atoms with E-state index in [0.717, 1.165) is 17.9 Å². The highest BCUT2D eigenvalue weighted by molar-refractivity contribution is 7.71. The molecule has 3 nitrogen and oxygen atoms in total. The lowest BCUT2D eigenvalue weighted by molar-refractivity contribution is 0.248. The number of nitrogens with one attached hydrogen (secondary N) is 1. The van der Waals surface area contributed by atoms with Crippen LogP contribution < -0.4 is 0 Å². The quantitative estimate of drug-likeness (QED) is 0.741. The van der Waals surface area contributed by atoms with E-state index in [4.69, 9.17) is 12.2 Å². The van der Waals surface area contributed by atoms with Crippen molar-refractivity contribution in [2.45, 2.75) is 25.7 Å². The molecule has 2 heterocycles. The van der Waals surface area contributed by atoms with Gasteiger partial charge in [0.25, 0.3) is 0 Å². The van der Waals surface area contributed by atoms with Gasteiger partial charge in [0.05, 0.1) is 0 Å². The summed E-state index contributed by atoms with van der Waals surface area (Å²) in [4.78, 5) is 9.84. The summed E-state index contributed by atoms with van der Waals surface area (Å²) >= 11 is 5.11. The fourth-order valence-corrected chi connectivity index (χ4v) is 2.49. The Morgan fingerprint density at radius 1 is 1.60 bits per heavy atom. The molecule has 1 N–H and O–H groups in total. The zero-order valence-corrected chi connectivity index (χ0v) is 10.1. The summed E-state index contributed by atoms with van der Waals surface area (Å²) in [7, 11) is 2.17. The molecule has 2 rings (SSSR count). The van der Waals surface area contributed by atoms with E-state index in [1.54, 1.807) is 0 Å². The zero-order chi connectivity index (χ0) is 10.8. The highest BCUT2D eigenvalue weighted by Gasteiger charge is 2.20. The number of aromatic amines is 1. The summed E-state index contributed by atoms with van der Waals surface area (Å²) in [6.45, 7) is 4.34. The van der Waals surface area contributed by atoms with Crippen molar-refractivity contribution in [3.05, 3.63) is 22.2 Å². The van der Waals surface area contributed by atoms with Crippen LogP contribution in [0.2, 0.25) is 0 Å². The van der Waals surface area contributed by atoms with Crippen LogP contribution in [-0.2, 0) is 0 Å². The van der Waals surface area contributed by atoms with Gasteiger partial charge >= 0.3 is 0 Å². The lowest BCUT2D eigenvalue weighted by Crippen LogP contribution is -2.31. The maximum absolute atomic E-state index is 5.11. The number of nitrogens with zero attached hydrogens (tertiary/aromatic N) is 2. The van der Waals surface area contributed by atoms with E-state index in [0.29, 0.717) is 10.7 Å². The van der Waals surface area contributed by atoms with Crippen molar-refractivity contribution in [3.8, 4) is 0 Å². The van der Waals surface area contributed by atoms with E-state index >= 15 is 0 Å². The van der Waals surface area contributed by atoms with Gasteiger partial charge in [-0.25, -0.2) is 4.98 Å². The van der Waals surface area contributed by atoms with Crippen LogP contribution in [-0.4, -0.2) is 35.0 Å². The summed E-state index contributed by atoms with van der Waals surface area (Å²) in [6.07, 6.45) is 2.49. The van der Waals surface area contributed by atoms with Crippen LogP contribution in [0.15, 0.2) is 6.07 Å². The van der Waals surface area contributed by atoms with Gasteiger partial charge in [-0.1, -0.05) is 0 Å². The molecule has 4 heteroatoms.